The Morgan fingerprint density at radius 2 is 1.82 bits per heavy atom. The molecule has 5 atom stereocenters. The van der Waals surface area contributed by atoms with Gasteiger partial charge in [0.2, 0.25) is 6.29 Å². The molecule has 2 unspecified atom stereocenters. The number of carbonyl (C=O) groups excluding carboxylic acids is 2. The van der Waals surface area contributed by atoms with Crippen LogP contribution in [-0.4, -0.2) is 85.6 Å². The van der Waals surface area contributed by atoms with Gasteiger partial charge < -0.3 is 40.3 Å². The van der Waals surface area contributed by atoms with Gasteiger partial charge in [0.15, 0.2) is 11.8 Å². The van der Waals surface area contributed by atoms with Gasteiger partial charge in [-0.3, -0.25) is 9.59 Å². The lowest BCUT2D eigenvalue weighted by Crippen LogP contribution is -2.60. The lowest BCUT2D eigenvalue weighted by atomic mass is 9.99. The number of halogens is 1. The van der Waals surface area contributed by atoms with Crippen LogP contribution in [0.1, 0.15) is 10.5 Å². The van der Waals surface area contributed by atoms with E-state index in [-0.39, 0.29) is 5.69 Å². The molecule has 1 saturated heterocycles. The number of benzene rings is 1. The van der Waals surface area contributed by atoms with E-state index in [4.69, 9.17) is 26.2 Å². The molecule has 33 heavy (non-hydrogen) atoms. The number of ether oxygens (including phenoxy) is 2. The number of aliphatic hydroxyl groups is 3. The second-order valence-electron chi connectivity index (χ2n) is 7.01. The number of carboxylic acids is 1. The number of aromatic hydroxyl groups is 1. The van der Waals surface area contributed by atoms with Crippen LogP contribution in [0, 0.1) is 0 Å². The minimum atomic E-state index is -1.95. The largest absolute Gasteiger partial charge is 0.505 e. The standard InChI is InChI=1S/C20H19ClN2O10/c21-10-3-1-2-8(4-10)9-5-11(24)13(22-6-9)18(29)23-7-12(25)32-20-16(28)14(26)15(27)17(33-20)19(30)31/h1-6,14-17,20,24,26-28H,7H2,(H,23,29)(H,30,31)/t14?,15-,16-,17?,20+/m1/s1. The number of pyridine rings is 1. The predicted molar refractivity (Wildman–Crippen MR) is 109 cm³/mol. The molecule has 0 aliphatic carbocycles. The van der Waals surface area contributed by atoms with Gasteiger partial charge in [-0.2, -0.15) is 0 Å². The van der Waals surface area contributed by atoms with E-state index in [1.807, 2.05) is 0 Å². The molecule has 0 spiro atoms. The van der Waals surface area contributed by atoms with Crippen LogP contribution in [0.5, 0.6) is 5.75 Å². The monoisotopic (exact) mass is 482 g/mol. The minimum Gasteiger partial charge on any atom is -0.505 e. The highest BCUT2D eigenvalue weighted by Crippen LogP contribution is 2.27. The summed E-state index contributed by atoms with van der Waals surface area (Å²) in [5, 5.41) is 50.9. The van der Waals surface area contributed by atoms with E-state index in [2.05, 4.69) is 10.3 Å². The Bertz CT molecular complexity index is 1060. The summed E-state index contributed by atoms with van der Waals surface area (Å²) >= 11 is 5.93. The molecule has 13 heteroatoms. The van der Waals surface area contributed by atoms with Gasteiger partial charge in [0.1, 0.15) is 30.6 Å². The summed E-state index contributed by atoms with van der Waals surface area (Å²) in [6.45, 7) is -0.765. The van der Waals surface area contributed by atoms with Crippen LogP contribution in [-0.2, 0) is 19.1 Å². The molecule has 12 nitrogen and oxygen atoms in total. The van der Waals surface area contributed by atoms with Crippen LogP contribution in [0.4, 0.5) is 0 Å². The second-order valence-corrected chi connectivity index (χ2v) is 7.45. The summed E-state index contributed by atoms with van der Waals surface area (Å²) in [6.07, 6.45) is -8.36. The molecule has 0 saturated carbocycles. The van der Waals surface area contributed by atoms with Crippen molar-refractivity contribution in [3.8, 4) is 16.9 Å². The molecule has 0 bridgehead atoms. The first kappa shape index (κ1) is 24.4. The van der Waals surface area contributed by atoms with E-state index in [9.17, 15) is 34.8 Å². The normalized spacial score (nSPS) is 24.7. The smallest absolute Gasteiger partial charge is 0.335 e. The Morgan fingerprint density at radius 1 is 1.09 bits per heavy atom. The zero-order valence-electron chi connectivity index (χ0n) is 16.7. The molecular weight excluding hydrogens is 464 g/mol. The molecule has 0 radical (unpaired) electrons. The summed E-state index contributed by atoms with van der Waals surface area (Å²) in [5.74, 6) is -4.20. The Balaban J connectivity index is 1.60. The quantitative estimate of drug-likeness (QED) is 0.284. The van der Waals surface area contributed by atoms with Crippen LogP contribution < -0.4 is 5.32 Å². The maximum Gasteiger partial charge on any atom is 0.335 e. The number of rotatable bonds is 6. The summed E-state index contributed by atoms with van der Waals surface area (Å²) in [5.41, 5.74) is 0.758. The minimum absolute atomic E-state index is 0.382. The van der Waals surface area contributed by atoms with Crippen LogP contribution in [0.2, 0.25) is 5.02 Å². The average molecular weight is 483 g/mol. The number of esters is 1. The van der Waals surface area contributed by atoms with Crippen molar-refractivity contribution in [1.82, 2.24) is 10.3 Å². The van der Waals surface area contributed by atoms with Gasteiger partial charge in [0.05, 0.1) is 0 Å². The number of aromatic nitrogens is 1. The van der Waals surface area contributed by atoms with E-state index in [1.54, 1.807) is 24.3 Å². The van der Waals surface area contributed by atoms with Gasteiger partial charge in [-0.05, 0) is 23.8 Å². The van der Waals surface area contributed by atoms with Crippen molar-refractivity contribution >= 4 is 29.4 Å². The number of hydrogen-bond acceptors (Lipinski definition) is 10. The van der Waals surface area contributed by atoms with Crippen molar-refractivity contribution in [2.75, 3.05) is 6.54 Å². The van der Waals surface area contributed by atoms with E-state index < -0.39 is 60.8 Å². The molecule has 6 N–H and O–H groups in total. The van der Waals surface area contributed by atoms with Crippen molar-refractivity contribution in [2.45, 2.75) is 30.7 Å². The topological polar surface area (TPSA) is 196 Å². The first-order valence-electron chi connectivity index (χ1n) is 9.43. The molecule has 176 valence electrons. The SMILES string of the molecule is O=C(CNC(=O)c1ncc(-c2cccc(Cl)c2)cc1O)O[C@H]1OC(C(=O)O)[C@H](O)C(O)[C@H]1O. The van der Waals surface area contributed by atoms with Gasteiger partial charge in [0, 0.05) is 16.8 Å². The zero-order chi connectivity index (χ0) is 24.3. The number of nitrogens with zero attached hydrogens (tertiary/aromatic N) is 1. The Kier molecular flexibility index (Phi) is 7.46. The van der Waals surface area contributed by atoms with Crippen molar-refractivity contribution in [3.63, 3.8) is 0 Å². The van der Waals surface area contributed by atoms with Crippen LogP contribution in [0.15, 0.2) is 36.5 Å². The van der Waals surface area contributed by atoms with Crippen molar-refractivity contribution < 1.29 is 49.4 Å². The van der Waals surface area contributed by atoms with Gasteiger partial charge in [-0.15, -0.1) is 0 Å². The van der Waals surface area contributed by atoms with Crippen LogP contribution in [0.25, 0.3) is 11.1 Å². The molecule has 1 fully saturated rings. The van der Waals surface area contributed by atoms with Crippen molar-refractivity contribution in [1.29, 1.82) is 0 Å². The average Bonchev–Trinajstić information content (AvgIpc) is 2.77. The summed E-state index contributed by atoms with van der Waals surface area (Å²) in [6, 6.07) is 8.02. The lowest BCUT2D eigenvalue weighted by Gasteiger charge is -2.37. The number of aliphatic carboxylic acids is 1. The number of hydrogen-bond donors (Lipinski definition) is 6. The van der Waals surface area contributed by atoms with Gasteiger partial charge in [-0.25, -0.2) is 9.78 Å². The highest BCUT2D eigenvalue weighted by Gasteiger charge is 2.48. The third-order valence-corrected chi connectivity index (χ3v) is 4.93. The molecule has 1 aromatic heterocycles. The molecule has 2 heterocycles. The number of amides is 1. The highest BCUT2D eigenvalue weighted by atomic mass is 35.5. The fraction of sp³-hybridized carbons (Fsp3) is 0.300. The number of carbonyl (C=O) groups is 3. The first-order chi connectivity index (χ1) is 15.6. The maximum absolute atomic E-state index is 12.3. The van der Waals surface area contributed by atoms with Crippen LogP contribution in [0.3, 0.4) is 0 Å². The third kappa shape index (κ3) is 5.56. The third-order valence-electron chi connectivity index (χ3n) is 4.69. The molecule has 3 rings (SSSR count). The highest BCUT2D eigenvalue weighted by molar-refractivity contribution is 6.30. The summed E-state index contributed by atoms with van der Waals surface area (Å²) < 4.78 is 9.56. The Hall–Kier alpha value is -3.29. The Morgan fingerprint density at radius 3 is 2.45 bits per heavy atom. The summed E-state index contributed by atoms with van der Waals surface area (Å²) in [4.78, 5) is 39.2. The number of nitrogens with one attached hydrogen (secondary N) is 1. The maximum atomic E-state index is 12.3. The first-order valence-corrected chi connectivity index (χ1v) is 9.81. The fourth-order valence-corrected chi connectivity index (χ4v) is 3.20. The molecular formula is C20H19ClN2O10. The lowest BCUT2D eigenvalue weighted by molar-refractivity contribution is -0.286. The van der Waals surface area contributed by atoms with Crippen LogP contribution >= 0.6 is 11.6 Å². The van der Waals surface area contributed by atoms with E-state index in [0.29, 0.717) is 16.1 Å². The molecule has 1 aliphatic heterocycles. The zero-order valence-corrected chi connectivity index (χ0v) is 17.4. The predicted octanol–water partition coefficient (Wildman–Crippen LogP) is -0.727. The molecule has 2 aromatic rings. The molecule has 1 aliphatic rings. The second kappa shape index (κ2) is 10.1. The van der Waals surface area contributed by atoms with E-state index in [1.165, 1.54) is 12.3 Å². The Labute approximate surface area is 191 Å². The fourth-order valence-electron chi connectivity index (χ4n) is 3.01. The molecule has 1 aromatic carbocycles. The van der Waals surface area contributed by atoms with Gasteiger partial charge in [0.25, 0.3) is 5.91 Å². The van der Waals surface area contributed by atoms with Gasteiger partial charge in [-0.1, -0.05) is 23.7 Å². The van der Waals surface area contributed by atoms with Gasteiger partial charge >= 0.3 is 11.9 Å². The van der Waals surface area contributed by atoms with Crippen molar-refractivity contribution in [2.24, 2.45) is 0 Å². The van der Waals surface area contributed by atoms with Crippen molar-refractivity contribution in [3.05, 3.63) is 47.2 Å². The number of carboxylic acid groups (broad SMARTS) is 1. The van der Waals surface area contributed by atoms with E-state index >= 15 is 0 Å². The number of aliphatic hydroxyl groups excluding tert-OH is 3. The van der Waals surface area contributed by atoms with E-state index in [0.717, 1.165) is 0 Å². The molecule has 1 amide bonds. The summed E-state index contributed by atoms with van der Waals surface area (Å²) in [7, 11) is 0.